The summed E-state index contributed by atoms with van der Waals surface area (Å²) in [7, 11) is 0. The molecule has 0 spiro atoms. The maximum absolute atomic E-state index is 14.0. The summed E-state index contributed by atoms with van der Waals surface area (Å²) in [5.41, 5.74) is 1.44. The molecule has 0 aromatic heterocycles. The van der Waals surface area contributed by atoms with E-state index in [0.717, 1.165) is 0 Å². The van der Waals surface area contributed by atoms with Crippen LogP contribution in [-0.2, 0) is 0 Å². The summed E-state index contributed by atoms with van der Waals surface area (Å²) in [5.74, 6) is -2.71. The molecular weight excluding hydrogens is 316 g/mol. The largest absolute Gasteiger partial charge is 0.234 e. The lowest BCUT2D eigenvalue weighted by molar-refractivity contribution is 0.372. The van der Waals surface area contributed by atoms with Gasteiger partial charge in [-0.2, -0.15) is 0 Å². The van der Waals surface area contributed by atoms with Crippen molar-refractivity contribution in [3.63, 3.8) is 0 Å². The third-order valence-corrected chi connectivity index (χ3v) is 4.05. The highest BCUT2D eigenvalue weighted by Crippen LogP contribution is 2.34. The van der Waals surface area contributed by atoms with Crippen LogP contribution in [0.25, 0.3) is 16.7 Å². The number of allylic oxidation sites excluding steroid dienone is 5. The molecule has 0 N–H and O–H groups in total. The molecule has 24 heavy (non-hydrogen) atoms. The fourth-order valence-electron chi connectivity index (χ4n) is 2.59. The fourth-order valence-corrected chi connectivity index (χ4v) is 2.59. The highest BCUT2D eigenvalue weighted by Gasteiger charge is 2.23. The first kappa shape index (κ1) is 16.2. The van der Waals surface area contributed by atoms with Crippen molar-refractivity contribution in [1.29, 1.82) is 0 Å². The number of alkyl halides is 1. The molecule has 2 aromatic carbocycles. The Morgan fingerprint density at radius 3 is 2.12 bits per heavy atom. The van der Waals surface area contributed by atoms with E-state index in [1.54, 1.807) is 24.3 Å². The van der Waals surface area contributed by atoms with Gasteiger partial charge in [0.1, 0.15) is 5.83 Å². The molecule has 4 heteroatoms. The number of halogens is 4. The van der Waals surface area contributed by atoms with E-state index in [1.807, 2.05) is 0 Å². The van der Waals surface area contributed by atoms with Crippen molar-refractivity contribution in [1.82, 2.24) is 0 Å². The minimum absolute atomic E-state index is 0.0603. The smallest absolute Gasteiger partial charge is 0.176 e. The summed E-state index contributed by atoms with van der Waals surface area (Å²) < 4.78 is 55.5. The first-order valence-corrected chi connectivity index (χ1v) is 7.36. The van der Waals surface area contributed by atoms with Gasteiger partial charge in [-0.15, -0.1) is 0 Å². The molecule has 0 fully saturated rings. The SMILES string of the molecule is C=C1C=CC(c2ccc(-c3ccc(C)c(F)c3F)cc2)=C(F)C1F. The summed E-state index contributed by atoms with van der Waals surface area (Å²) >= 11 is 0. The van der Waals surface area contributed by atoms with Gasteiger partial charge in [0.2, 0.25) is 0 Å². The van der Waals surface area contributed by atoms with Crippen molar-refractivity contribution < 1.29 is 17.6 Å². The number of aryl methyl sites for hydroxylation is 1. The zero-order chi connectivity index (χ0) is 17.4. The van der Waals surface area contributed by atoms with Gasteiger partial charge in [-0.3, -0.25) is 0 Å². The van der Waals surface area contributed by atoms with Gasteiger partial charge >= 0.3 is 0 Å². The van der Waals surface area contributed by atoms with Crippen LogP contribution in [0, 0.1) is 18.6 Å². The van der Waals surface area contributed by atoms with Crippen LogP contribution in [0.1, 0.15) is 11.1 Å². The van der Waals surface area contributed by atoms with E-state index in [-0.39, 0.29) is 22.3 Å². The van der Waals surface area contributed by atoms with Crippen LogP contribution in [0.4, 0.5) is 17.6 Å². The fraction of sp³-hybridized carbons (Fsp3) is 0.100. The topological polar surface area (TPSA) is 0 Å². The van der Waals surface area contributed by atoms with E-state index in [9.17, 15) is 17.6 Å². The number of benzene rings is 2. The normalized spacial score (nSPS) is 17.5. The minimum Gasteiger partial charge on any atom is -0.234 e. The standard InChI is InChI=1S/C20H14F4/c1-11-3-9-15(19(23)17(11)21)13-5-7-14(8-6-13)16-10-4-12(2)18(22)20(16)24/h3-10,17H,1H2,2H3. The molecule has 0 aliphatic heterocycles. The van der Waals surface area contributed by atoms with Gasteiger partial charge in [-0.25, -0.2) is 17.6 Å². The molecular formula is C20H14F4. The minimum atomic E-state index is -1.85. The molecule has 122 valence electrons. The van der Waals surface area contributed by atoms with Crippen molar-refractivity contribution in [3.8, 4) is 11.1 Å². The van der Waals surface area contributed by atoms with Crippen LogP contribution in [0.15, 0.2) is 66.5 Å². The van der Waals surface area contributed by atoms with E-state index < -0.39 is 23.6 Å². The maximum Gasteiger partial charge on any atom is 0.176 e. The first-order chi connectivity index (χ1) is 11.4. The molecule has 1 unspecified atom stereocenters. The molecule has 0 saturated heterocycles. The predicted octanol–water partition coefficient (Wildman–Crippen LogP) is 6.08. The van der Waals surface area contributed by atoms with Crippen LogP contribution < -0.4 is 0 Å². The average Bonchev–Trinajstić information content (AvgIpc) is 2.58. The average molecular weight is 330 g/mol. The van der Waals surface area contributed by atoms with E-state index in [4.69, 9.17) is 0 Å². The van der Waals surface area contributed by atoms with Crippen molar-refractivity contribution in [2.45, 2.75) is 13.1 Å². The zero-order valence-electron chi connectivity index (χ0n) is 12.9. The van der Waals surface area contributed by atoms with Crippen LogP contribution in [0.3, 0.4) is 0 Å². The number of hydrogen-bond acceptors (Lipinski definition) is 0. The zero-order valence-corrected chi connectivity index (χ0v) is 12.9. The molecule has 3 rings (SSSR count). The molecule has 1 aliphatic rings. The third kappa shape index (κ3) is 2.68. The van der Waals surface area contributed by atoms with Gasteiger partial charge in [-0.05, 0) is 29.2 Å². The monoisotopic (exact) mass is 330 g/mol. The highest BCUT2D eigenvalue weighted by atomic mass is 19.2. The van der Waals surface area contributed by atoms with Crippen molar-refractivity contribution in [2.24, 2.45) is 0 Å². The van der Waals surface area contributed by atoms with Crippen LogP contribution in [-0.4, -0.2) is 6.17 Å². The highest BCUT2D eigenvalue weighted by molar-refractivity contribution is 5.80. The Morgan fingerprint density at radius 2 is 1.46 bits per heavy atom. The lowest BCUT2D eigenvalue weighted by Crippen LogP contribution is -2.08. The molecule has 1 aliphatic carbocycles. The van der Waals surface area contributed by atoms with Gasteiger partial charge in [-0.1, -0.05) is 55.1 Å². The first-order valence-electron chi connectivity index (χ1n) is 7.36. The second-order valence-electron chi connectivity index (χ2n) is 5.67. The van der Waals surface area contributed by atoms with Crippen LogP contribution in [0.2, 0.25) is 0 Å². The second kappa shape index (κ2) is 6.11. The molecule has 1 atom stereocenters. The summed E-state index contributed by atoms with van der Waals surface area (Å²) in [6, 6.07) is 9.18. The Hall–Kier alpha value is -2.62. The molecule has 0 heterocycles. The van der Waals surface area contributed by atoms with Crippen molar-refractivity contribution in [3.05, 3.63) is 89.3 Å². The number of hydrogen-bond donors (Lipinski definition) is 0. The van der Waals surface area contributed by atoms with E-state index in [1.165, 1.54) is 31.2 Å². The molecule has 0 radical (unpaired) electrons. The van der Waals surface area contributed by atoms with Gasteiger partial charge in [0.05, 0.1) is 0 Å². The van der Waals surface area contributed by atoms with E-state index in [2.05, 4.69) is 6.58 Å². The number of rotatable bonds is 2. The molecule has 0 saturated carbocycles. The van der Waals surface area contributed by atoms with Crippen LogP contribution in [0.5, 0.6) is 0 Å². The quantitative estimate of drug-likeness (QED) is 0.585. The third-order valence-electron chi connectivity index (χ3n) is 4.05. The Bertz CT molecular complexity index is 873. The Labute approximate surface area is 137 Å². The lowest BCUT2D eigenvalue weighted by Gasteiger charge is -2.16. The summed E-state index contributed by atoms with van der Waals surface area (Å²) in [6.45, 7) is 4.92. The molecule has 0 amide bonds. The van der Waals surface area contributed by atoms with Gasteiger partial charge in [0, 0.05) is 11.1 Å². The summed E-state index contributed by atoms with van der Waals surface area (Å²) in [6.07, 6.45) is 1.02. The van der Waals surface area contributed by atoms with Gasteiger partial charge in [0.25, 0.3) is 0 Å². The summed E-state index contributed by atoms with van der Waals surface area (Å²) in [5, 5.41) is 0. The van der Waals surface area contributed by atoms with E-state index in [0.29, 0.717) is 11.1 Å². The Kier molecular flexibility index (Phi) is 4.14. The van der Waals surface area contributed by atoms with Crippen molar-refractivity contribution >= 4 is 5.57 Å². The predicted molar refractivity (Wildman–Crippen MR) is 87.7 cm³/mol. The summed E-state index contributed by atoms with van der Waals surface area (Å²) in [4.78, 5) is 0. The molecule has 0 nitrogen and oxygen atoms in total. The Morgan fingerprint density at radius 1 is 0.833 bits per heavy atom. The molecule has 0 bridgehead atoms. The van der Waals surface area contributed by atoms with Crippen LogP contribution >= 0.6 is 0 Å². The van der Waals surface area contributed by atoms with Crippen molar-refractivity contribution in [2.75, 3.05) is 0 Å². The van der Waals surface area contributed by atoms with E-state index >= 15 is 0 Å². The maximum atomic E-state index is 14.0. The Balaban J connectivity index is 2.00. The second-order valence-corrected chi connectivity index (χ2v) is 5.67. The molecule has 2 aromatic rings. The van der Waals surface area contributed by atoms with Gasteiger partial charge < -0.3 is 0 Å². The van der Waals surface area contributed by atoms with Gasteiger partial charge in [0.15, 0.2) is 17.8 Å². The lowest BCUT2D eigenvalue weighted by atomic mass is 9.93.